The number of halogens is 2. The topological polar surface area (TPSA) is 72.2 Å². The van der Waals surface area contributed by atoms with Crippen LogP contribution >= 0.6 is 0 Å². The molecular weight excluding hydrogens is 258 g/mol. The van der Waals surface area contributed by atoms with Crippen LogP contribution in [0.3, 0.4) is 0 Å². The molecule has 2 aromatic rings. The normalized spacial score (nSPS) is 10.4. The summed E-state index contributed by atoms with van der Waals surface area (Å²) in [5.74, 6) is -2.86. The van der Waals surface area contributed by atoms with Crippen LogP contribution in [0.15, 0.2) is 35.1 Å². The molecule has 0 aliphatic rings. The number of hydrogen-bond donors (Lipinski definition) is 1. The lowest BCUT2D eigenvalue weighted by molar-refractivity contribution is 0.0687. The molecule has 0 amide bonds. The predicted octanol–water partition coefficient (Wildman–Crippen LogP) is 1.27. The summed E-state index contributed by atoms with van der Waals surface area (Å²) in [7, 11) is 0. The van der Waals surface area contributed by atoms with Crippen LogP contribution in [-0.4, -0.2) is 20.9 Å². The smallest absolute Gasteiger partial charge is 0.356 e. The largest absolute Gasteiger partial charge is 0.476 e. The lowest BCUT2D eigenvalue weighted by atomic mass is 10.2. The minimum absolute atomic E-state index is 0.0403. The van der Waals surface area contributed by atoms with E-state index in [2.05, 4.69) is 5.10 Å². The second-order valence-corrected chi connectivity index (χ2v) is 3.76. The van der Waals surface area contributed by atoms with Crippen LogP contribution in [0.4, 0.5) is 8.78 Å². The molecule has 1 aromatic heterocycles. The van der Waals surface area contributed by atoms with Crippen LogP contribution in [0.2, 0.25) is 0 Å². The number of aromatic carboxylic acids is 1. The highest BCUT2D eigenvalue weighted by atomic mass is 19.1. The fourth-order valence-electron chi connectivity index (χ4n) is 1.49. The van der Waals surface area contributed by atoms with Crippen molar-refractivity contribution in [3.63, 3.8) is 0 Å². The fraction of sp³-hybridized carbons (Fsp3) is 0.0833. The number of hydrogen-bond acceptors (Lipinski definition) is 3. The highest BCUT2D eigenvalue weighted by Gasteiger charge is 2.10. The molecule has 0 saturated carbocycles. The number of rotatable bonds is 3. The fourth-order valence-corrected chi connectivity index (χ4v) is 1.49. The predicted molar refractivity (Wildman–Crippen MR) is 60.9 cm³/mol. The standard InChI is InChI=1S/C12H8F2N2O3/c13-8-2-1-7(9(14)5-8)6-16-11(17)4-3-10(15-16)12(18)19/h1-5H,6H2,(H,18,19). The van der Waals surface area contributed by atoms with E-state index < -0.39 is 23.2 Å². The van der Waals surface area contributed by atoms with Crippen LogP contribution in [0.25, 0.3) is 0 Å². The van der Waals surface area contributed by atoms with Gasteiger partial charge in [-0.25, -0.2) is 18.3 Å². The Balaban J connectivity index is 2.40. The van der Waals surface area contributed by atoms with Crippen molar-refractivity contribution >= 4 is 5.97 Å². The Hall–Kier alpha value is -2.57. The minimum Gasteiger partial charge on any atom is -0.476 e. The van der Waals surface area contributed by atoms with Gasteiger partial charge >= 0.3 is 5.97 Å². The van der Waals surface area contributed by atoms with Crippen LogP contribution in [0.5, 0.6) is 0 Å². The zero-order valence-electron chi connectivity index (χ0n) is 9.51. The van der Waals surface area contributed by atoms with Crippen molar-refractivity contribution in [1.29, 1.82) is 0 Å². The third-order valence-electron chi connectivity index (χ3n) is 2.42. The quantitative estimate of drug-likeness (QED) is 0.908. The molecule has 98 valence electrons. The molecule has 2 rings (SSSR count). The van der Waals surface area contributed by atoms with Gasteiger partial charge < -0.3 is 5.11 Å². The lowest BCUT2D eigenvalue weighted by Gasteiger charge is -2.06. The summed E-state index contributed by atoms with van der Waals surface area (Å²) in [6, 6.07) is 4.98. The maximum Gasteiger partial charge on any atom is 0.356 e. The molecule has 7 heteroatoms. The van der Waals surface area contributed by atoms with E-state index in [0.717, 1.165) is 22.9 Å². The molecule has 0 saturated heterocycles. The first-order valence-electron chi connectivity index (χ1n) is 5.23. The molecule has 0 aliphatic heterocycles. The first kappa shape index (κ1) is 12.9. The van der Waals surface area contributed by atoms with E-state index in [1.54, 1.807) is 0 Å². The maximum absolute atomic E-state index is 13.4. The highest BCUT2D eigenvalue weighted by molar-refractivity contribution is 5.84. The molecular formula is C12H8F2N2O3. The van der Waals surface area contributed by atoms with E-state index >= 15 is 0 Å². The number of benzene rings is 1. The molecule has 0 unspecified atom stereocenters. The van der Waals surface area contributed by atoms with Gasteiger partial charge in [0, 0.05) is 17.7 Å². The second-order valence-electron chi connectivity index (χ2n) is 3.76. The minimum atomic E-state index is -1.30. The Labute approximate surface area is 105 Å². The number of nitrogens with zero attached hydrogens (tertiary/aromatic N) is 2. The van der Waals surface area contributed by atoms with E-state index in [0.29, 0.717) is 6.07 Å². The molecule has 0 bridgehead atoms. The average molecular weight is 266 g/mol. The van der Waals surface area contributed by atoms with E-state index in [1.165, 1.54) is 6.07 Å². The van der Waals surface area contributed by atoms with Crippen molar-refractivity contribution in [1.82, 2.24) is 9.78 Å². The Morgan fingerprint density at radius 3 is 2.63 bits per heavy atom. The van der Waals surface area contributed by atoms with Crippen molar-refractivity contribution in [3.8, 4) is 0 Å². The lowest BCUT2D eigenvalue weighted by Crippen LogP contribution is -2.25. The number of carbonyl (C=O) groups is 1. The molecule has 1 N–H and O–H groups in total. The van der Waals surface area contributed by atoms with Crippen molar-refractivity contribution < 1.29 is 18.7 Å². The van der Waals surface area contributed by atoms with Crippen LogP contribution in [-0.2, 0) is 6.54 Å². The first-order chi connectivity index (χ1) is 8.97. The number of carboxylic acid groups (broad SMARTS) is 1. The Morgan fingerprint density at radius 1 is 1.26 bits per heavy atom. The molecule has 1 aromatic carbocycles. The summed E-state index contributed by atoms with van der Waals surface area (Å²) >= 11 is 0. The third-order valence-corrected chi connectivity index (χ3v) is 2.42. The Morgan fingerprint density at radius 2 is 2.00 bits per heavy atom. The van der Waals surface area contributed by atoms with Gasteiger partial charge in [0.05, 0.1) is 6.54 Å². The van der Waals surface area contributed by atoms with Gasteiger partial charge in [0.2, 0.25) is 0 Å². The molecule has 0 radical (unpaired) electrons. The first-order valence-corrected chi connectivity index (χ1v) is 5.23. The molecule has 0 atom stereocenters. The summed E-state index contributed by atoms with van der Waals surface area (Å²) in [4.78, 5) is 22.2. The van der Waals surface area contributed by atoms with Gasteiger partial charge in [0.15, 0.2) is 5.69 Å². The van der Waals surface area contributed by atoms with Crippen molar-refractivity contribution in [2.24, 2.45) is 0 Å². The van der Waals surface area contributed by atoms with E-state index in [9.17, 15) is 18.4 Å². The molecule has 0 fully saturated rings. The van der Waals surface area contributed by atoms with Crippen LogP contribution < -0.4 is 5.56 Å². The van der Waals surface area contributed by atoms with Crippen LogP contribution in [0.1, 0.15) is 16.1 Å². The summed E-state index contributed by atoms with van der Waals surface area (Å²) in [6.07, 6.45) is 0. The monoisotopic (exact) mass is 266 g/mol. The zero-order chi connectivity index (χ0) is 14.0. The average Bonchev–Trinajstić information content (AvgIpc) is 2.34. The SMILES string of the molecule is O=C(O)c1ccc(=O)n(Cc2ccc(F)cc2F)n1. The maximum atomic E-state index is 13.4. The van der Waals surface area contributed by atoms with Gasteiger partial charge in [0.25, 0.3) is 5.56 Å². The summed E-state index contributed by atoms with van der Waals surface area (Å²) < 4.78 is 27.0. The van der Waals surface area contributed by atoms with Gasteiger partial charge in [-0.2, -0.15) is 5.10 Å². The Kier molecular flexibility index (Phi) is 3.37. The molecule has 1 heterocycles. The summed E-state index contributed by atoms with van der Waals surface area (Å²) in [5, 5.41) is 12.3. The Bertz CT molecular complexity index is 698. The zero-order valence-corrected chi connectivity index (χ0v) is 9.51. The van der Waals surface area contributed by atoms with Gasteiger partial charge in [-0.15, -0.1) is 0 Å². The molecule has 0 spiro atoms. The third kappa shape index (κ3) is 2.82. The molecule has 5 nitrogen and oxygen atoms in total. The highest BCUT2D eigenvalue weighted by Crippen LogP contribution is 2.10. The van der Waals surface area contributed by atoms with E-state index in [4.69, 9.17) is 5.11 Å². The van der Waals surface area contributed by atoms with Gasteiger partial charge in [-0.05, 0) is 12.1 Å². The molecule has 19 heavy (non-hydrogen) atoms. The summed E-state index contributed by atoms with van der Waals surface area (Å²) in [6.45, 7) is -0.272. The van der Waals surface area contributed by atoms with Gasteiger partial charge in [-0.3, -0.25) is 4.79 Å². The van der Waals surface area contributed by atoms with E-state index in [1.807, 2.05) is 0 Å². The van der Waals surface area contributed by atoms with Crippen molar-refractivity contribution in [3.05, 3.63) is 63.6 Å². The summed E-state index contributed by atoms with van der Waals surface area (Å²) in [5.41, 5.74) is -0.866. The van der Waals surface area contributed by atoms with Crippen molar-refractivity contribution in [2.75, 3.05) is 0 Å². The van der Waals surface area contributed by atoms with Crippen molar-refractivity contribution in [2.45, 2.75) is 6.54 Å². The van der Waals surface area contributed by atoms with E-state index in [-0.39, 0.29) is 17.8 Å². The second kappa shape index (κ2) is 4.97. The number of aromatic nitrogens is 2. The van der Waals surface area contributed by atoms with Gasteiger partial charge in [0.1, 0.15) is 11.6 Å². The van der Waals surface area contributed by atoms with Gasteiger partial charge in [-0.1, -0.05) is 6.07 Å². The van der Waals surface area contributed by atoms with Crippen LogP contribution in [0, 0.1) is 11.6 Å². The molecule has 0 aliphatic carbocycles. The number of carboxylic acids is 1.